The summed E-state index contributed by atoms with van der Waals surface area (Å²) in [6.45, 7) is 3.18. The van der Waals surface area contributed by atoms with E-state index in [0.29, 0.717) is 6.54 Å². The number of likely N-dealkylation sites (N-methyl/N-ethyl adjacent to an activating group) is 1. The van der Waals surface area contributed by atoms with Crippen molar-refractivity contribution in [1.82, 2.24) is 19.8 Å². The third kappa shape index (κ3) is 3.44. The summed E-state index contributed by atoms with van der Waals surface area (Å²) >= 11 is 0. The molecule has 0 aliphatic carbocycles. The number of hydrogen-bond acceptors (Lipinski definition) is 5. The first-order valence-corrected chi connectivity index (χ1v) is 9.40. The summed E-state index contributed by atoms with van der Waals surface area (Å²) in [4.78, 5) is 19.2. The topological polar surface area (TPSA) is 68.6 Å². The zero-order chi connectivity index (χ0) is 18.9. The molecule has 0 bridgehead atoms. The van der Waals surface area contributed by atoms with Crippen LogP contribution in [0, 0.1) is 0 Å². The van der Waals surface area contributed by atoms with E-state index in [1.165, 1.54) is 5.56 Å². The fraction of sp³-hybridized carbons (Fsp3) is 0.500. The summed E-state index contributed by atoms with van der Waals surface area (Å²) in [5, 5.41) is 2.71. The van der Waals surface area contributed by atoms with Crippen LogP contribution in [0.15, 0.2) is 36.7 Å². The van der Waals surface area contributed by atoms with Gasteiger partial charge in [-0.05, 0) is 30.5 Å². The van der Waals surface area contributed by atoms with Crippen molar-refractivity contribution >= 4 is 5.91 Å². The van der Waals surface area contributed by atoms with E-state index < -0.39 is 11.7 Å². The minimum atomic E-state index is -0.482. The number of methoxy groups -OCH3 is 1. The number of carbonyl (C=O) groups is 1. The molecular formula is C20H26N4O3. The number of nitrogens with one attached hydrogen (secondary N) is 1. The van der Waals surface area contributed by atoms with E-state index in [9.17, 15) is 4.79 Å². The Morgan fingerprint density at radius 2 is 2.22 bits per heavy atom. The minimum Gasteiger partial charge on any atom is -0.497 e. The molecule has 1 spiro atoms. The van der Waals surface area contributed by atoms with Crippen molar-refractivity contribution in [2.45, 2.75) is 37.6 Å². The Labute approximate surface area is 159 Å². The Hall–Kier alpha value is -2.38. The molecule has 7 heteroatoms. The largest absolute Gasteiger partial charge is 0.497 e. The highest BCUT2D eigenvalue weighted by Gasteiger charge is 2.46. The average molecular weight is 370 g/mol. The van der Waals surface area contributed by atoms with E-state index >= 15 is 0 Å². The third-order valence-corrected chi connectivity index (χ3v) is 5.60. The molecule has 2 aliphatic rings. The first kappa shape index (κ1) is 18.0. The molecule has 3 heterocycles. The van der Waals surface area contributed by atoms with E-state index in [1.807, 2.05) is 18.3 Å². The lowest BCUT2D eigenvalue weighted by Crippen LogP contribution is -2.53. The van der Waals surface area contributed by atoms with E-state index in [4.69, 9.17) is 9.47 Å². The van der Waals surface area contributed by atoms with Gasteiger partial charge >= 0.3 is 0 Å². The molecule has 0 saturated carbocycles. The monoisotopic (exact) mass is 370 g/mol. The SMILES string of the molecule is CNC(=O)[C@@H]1Cn2ccnc2C2(CCN(Cc3cccc(OC)c3)CC2)O1. The fourth-order valence-electron chi connectivity index (χ4n) is 4.14. The van der Waals surface area contributed by atoms with Crippen LogP contribution in [0.2, 0.25) is 0 Å². The molecular weight excluding hydrogens is 344 g/mol. The predicted octanol–water partition coefficient (Wildman–Crippen LogP) is 1.53. The Kier molecular flexibility index (Phi) is 4.88. The fourth-order valence-corrected chi connectivity index (χ4v) is 4.14. The van der Waals surface area contributed by atoms with Gasteiger partial charge in [-0.2, -0.15) is 0 Å². The summed E-state index contributed by atoms with van der Waals surface area (Å²) in [6, 6.07) is 8.19. The quantitative estimate of drug-likeness (QED) is 0.884. The molecule has 1 aromatic carbocycles. The molecule has 7 nitrogen and oxygen atoms in total. The van der Waals surface area contributed by atoms with Crippen LogP contribution in [0.25, 0.3) is 0 Å². The van der Waals surface area contributed by atoms with Crippen molar-refractivity contribution in [2.24, 2.45) is 0 Å². The summed E-state index contributed by atoms with van der Waals surface area (Å²) in [5.41, 5.74) is 0.753. The summed E-state index contributed by atoms with van der Waals surface area (Å²) < 4.78 is 13.7. The van der Waals surface area contributed by atoms with E-state index in [2.05, 4.69) is 31.9 Å². The van der Waals surface area contributed by atoms with Gasteiger partial charge in [0.25, 0.3) is 5.91 Å². The van der Waals surface area contributed by atoms with Crippen LogP contribution in [-0.2, 0) is 28.2 Å². The Bertz CT molecular complexity index is 811. The highest BCUT2D eigenvalue weighted by molar-refractivity contribution is 5.80. The maximum absolute atomic E-state index is 12.2. The molecule has 4 rings (SSSR count). The Morgan fingerprint density at radius 1 is 1.41 bits per heavy atom. The normalized spacial score (nSPS) is 21.6. The van der Waals surface area contributed by atoms with Crippen LogP contribution in [0.4, 0.5) is 0 Å². The molecule has 1 atom stereocenters. The lowest BCUT2D eigenvalue weighted by Gasteiger charge is -2.45. The number of fused-ring (bicyclic) bond motifs is 2. The number of rotatable bonds is 4. The molecule has 1 fully saturated rings. The lowest BCUT2D eigenvalue weighted by atomic mass is 9.88. The summed E-state index contributed by atoms with van der Waals surface area (Å²) in [5.74, 6) is 1.75. The van der Waals surface area contributed by atoms with Crippen molar-refractivity contribution in [2.75, 3.05) is 27.2 Å². The predicted molar refractivity (Wildman–Crippen MR) is 100 cm³/mol. The van der Waals surface area contributed by atoms with Crippen LogP contribution in [0.1, 0.15) is 24.2 Å². The maximum Gasteiger partial charge on any atom is 0.250 e. The molecule has 0 radical (unpaired) electrons. The van der Waals surface area contributed by atoms with Crippen molar-refractivity contribution in [3.8, 4) is 5.75 Å². The van der Waals surface area contributed by atoms with Crippen LogP contribution in [0.5, 0.6) is 5.75 Å². The molecule has 1 saturated heterocycles. The van der Waals surface area contributed by atoms with Crippen molar-refractivity contribution in [1.29, 1.82) is 0 Å². The summed E-state index contributed by atoms with van der Waals surface area (Å²) in [6.07, 6.45) is 4.91. The number of amides is 1. The lowest BCUT2D eigenvalue weighted by molar-refractivity contribution is -0.173. The second kappa shape index (κ2) is 7.32. The number of piperidine rings is 1. The van der Waals surface area contributed by atoms with Crippen LogP contribution >= 0.6 is 0 Å². The van der Waals surface area contributed by atoms with Gasteiger partial charge in [-0.1, -0.05) is 12.1 Å². The number of benzene rings is 1. The number of imidazole rings is 1. The number of aromatic nitrogens is 2. The zero-order valence-electron chi connectivity index (χ0n) is 15.9. The first-order chi connectivity index (χ1) is 13.1. The molecule has 0 unspecified atom stereocenters. The molecule has 2 aliphatic heterocycles. The second-order valence-corrected chi connectivity index (χ2v) is 7.25. The van der Waals surface area contributed by atoms with Gasteiger partial charge in [0, 0.05) is 39.1 Å². The van der Waals surface area contributed by atoms with Gasteiger partial charge in [-0.25, -0.2) is 4.98 Å². The molecule has 27 heavy (non-hydrogen) atoms. The smallest absolute Gasteiger partial charge is 0.250 e. The molecule has 1 N–H and O–H groups in total. The number of likely N-dealkylation sites (tertiary alicyclic amines) is 1. The number of nitrogens with zero attached hydrogens (tertiary/aromatic N) is 3. The van der Waals surface area contributed by atoms with Crippen LogP contribution < -0.4 is 10.1 Å². The van der Waals surface area contributed by atoms with E-state index in [-0.39, 0.29) is 5.91 Å². The molecule has 1 amide bonds. The molecule has 2 aromatic rings. The van der Waals surface area contributed by atoms with Gasteiger partial charge in [-0.3, -0.25) is 9.69 Å². The number of hydrogen-bond donors (Lipinski definition) is 1. The van der Waals surface area contributed by atoms with Gasteiger partial charge in [0.2, 0.25) is 0 Å². The average Bonchev–Trinajstić information content (AvgIpc) is 3.19. The molecule has 144 valence electrons. The Balaban J connectivity index is 1.48. The maximum atomic E-state index is 12.2. The van der Waals surface area contributed by atoms with Crippen molar-refractivity contribution in [3.63, 3.8) is 0 Å². The molecule has 1 aromatic heterocycles. The number of ether oxygens (including phenoxy) is 2. The first-order valence-electron chi connectivity index (χ1n) is 9.40. The third-order valence-electron chi connectivity index (χ3n) is 5.60. The van der Waals surface area contributed by atoms with Crippen molar-refractivity contribution < 1.29 is 14.3 Å². The standard InChI is InChI=1S/C20H26N4O3/c1-21-18(25)17-14-24-11-8-22-19(24)20(27-17)6-9-23(10-7-20)13-15-4-3-5-16(12-15)26-2/h3-5,8,11-12,17H,6-7,9-10,13-14H2,1-2H3,(H,21,25)/t17-/m0/s1. The zero-order valence-corrected chi connectivity index (χ0v) is 15.9. The highest BCUT2D eigenvalue weighted by atomic mass is 16.5. The van der Waals surface area contributed by atoms with Crippen LogP contribution in [0.3, 0.4) is 0 Å². The van der Waals surface area contributed by atoms with Gasteiger partial charge in [0.05, 0.1) is 13.7 Å². The Morgan fingerprint density at radius 3 is 2.96 bits per heavy atom. The van der Waals surface area contributed by atoms with Gasteiger partial charge in [-0.15, -0.1) is 0 Å². The summed E-state index contributed by atoms with van der Waals surface area (Å²) in [7, 11) is 3.34. The van der Waals surface area contributed by atoms with Crippen LogP contribution in [-0.4, -0.2) is 53.7 Å². The number of carbonyl (C=O) groups excluding carboxylic acids is 1. The van der Waals surface area contributed by atoms with E-state index in [1.54, 1.807) is 20.4 Å². The van der Waals surface area contributed by atoms with Crippen molar-refractivity contribution in [3.05, 3.63) is 48.0 Å². The van der Waals surface area contributed by atoms with Gasteiger partial charge in [0.1, 0.15) is 17.2 Å². The highest BCUT2D eigenvalue weighted by Crippen LogP contribution is 2.40. The van der Waals surface area contributed by atoms with Gasteiger partial charge < -0.3 is 19.4 Å². The minimum absolute atomic E-state index is 0.0764. The van der Waals surface area contributed by atoms with Gasteiger partial charge in [0.15, 0.2) is 6.10 Å². The second-order valence-electron chi connectivity index (χ2n) is 7.25. The van der Waals surface area contributed by atoms with E-state index in [0.717, 1.165) is 44.0 Å².